The van der Waals surface area contributed by atoms with Crippen LogP contribution in [-0.2, 0) is 4.74 Å². The van der Waals surface area contributed by atoms with E-state index in [1.54, 1.807) is 26.8 Å². The Bertz CT molecular complexity index is 655. The summed E-state index contributed by atoms with van der Waals surface area (Å²) in [6.07, 6.45) is -0.620. The van der Waals surface area contributed by atoms with Gasteiger partial charge in [-0.1, -0.05) is 18.2 Å². The zero-order valence-corrected chi connectivity index (χ0v) is 12.0. The van der Waals surface area contributed by atoms with Gasteiger partial charge >= 0.3 is 13.2 Å². The number of carbonyl (C=O) groups is 1. The Morgan fingerprint density at radius 2 is 1.95 bits per heavy atom. The van der Waals surface area contributed by atoms with Crippen molar-refractivity contribution in [3.63, 3.8) is 0 Å². The van der Waals surface area contributed by atoms with Gasteiger partial charge in [0.05, 0.1) is 11.1 Å². The fourth-order valence-corrected chi connectivity index (χ4v) is 2.15. The monoisotopic (exact) mass is 275 g/mol. The Labute approximate surface area is 117 Å². The number of hydrogen-bond donors (Lipinski definition) is 2. The molecule has 0 bridgehead atoms. The predicted octanol–water partition coefficient (Wildman–Crippen LogP) is 1.41. The van der Waals surface area contributed by atoms with E-state index >= 15 is 0 Å². The normalized spacial score (nSPS) is 11.7. The summed E-state index contributed by atoms with van der Waals surface area (Å²) in [6.45, 7) is 7.15. The van der Waals surface area contributed by atoms with Gasteiger partial charge in [-0.25, -0.2) is 4.79 Å². The average molecular weight is 275 g/mol. The molecule has 0 unspecified atom stereocenters. The second-order valence-corrected chi connectivity index (χ2v) is 5.77. The van der Waals surface area contributed by atoms with Crippen LogP contribution in [0, 0.1) is 6.92 Å². The van der Waals surface area contributed by atoms with Gasteiger partial charge in [-0.3, -0.25) is 4.57 Å². The van der Waals surface area contributed by atoms with Crippen LogP contribution in [0.15, 0.2) is 24.3 Å². The molecule has 0 saturated carbocycles. The first-order valence-electron chi connectivity index (χ1n) is 6.41. The second kappa shape index (κ2) is 4.96. The maximum absolute atomic E-state index is 12.3. The van der Waals surface area contributed by atoms with Crippen molar-refractivity contribution in [2.45, 2.75) is 33.3 Å². The minimum atomic E-state index is -1.74. The van der Waals surface area contributed by atoms with Crippen LogP contribution >= 0.6 is 0 Å². The first-order chi connectivity index (χ1) is 9.20. The number of carbonyl (C=O) groups excluding carboxylic acids is 1. The molecular weight excluding hydrogens is 257 g/mol. The van der Waals surface area contributed by atoms with E-state index < -0.39 is 18.8 Å². The molecular formula is C14H18BNO4. The fourth-order valence-electron chi connectivity index (χ4n) is 2.15. The first-order valence-corrected chi connectivity index (χ1v) is 6.41. The molecule has 0 aliphatic rings. The Morgan fingerprint density at radius 1 is 1.30 bits per heavy atom. The van der Waals surface area contributed by atoms with Crippen molar-refractivity contribution in [2.75, 3.05) is 0 Å². The van der Waals surface area contributed by atoms with Crippen molar-refractivity contribution in [3.05, 3.63) is 29.8 Å². The van der Waals surface area contributed by atoms with Gasteiger partial charge in [0.15, 0.2) is 0 Å². The molecule has 0 atom stereocenters. The number of hydrogen-bond acceptors (Lipinski definition) is 4. The quantitative estimate of drug-likeness (QED) is 0.772. The number of ether oxygens (including phenoxy) is 1. The van der Waals surface area contributed by atoms with Gasteiger partial charge in [-0.05, 0) is 39.3 Å². The van der Waals surface area contributed by atoms with Gasteiger partial charge in [0.25, 0.3) is 0 Å². The third-order valence-electron chi connectivity index (χ3n) is 2.89. The van der Waals surface area contributed by atoms with Crippen molar-refractivity contribution in [3.8, 4) is 0 Å². The summed E-state index contributed by atoms with van der Waals surface area (Å²) in [5, 5.41) is 19.7. The highest BCUT2D eigenvalue weighted by molar-refractivity contribution is 6.59. The molecule has 2 aromatic rings. The van der Waals surface area contributed by atoms with Crippen LogP contribution in [0.5, 0.6) is 0 Å². The van der Waals surface area contributed by atoms with E-state index in [4.69, 9.17) is 4.74 Å². The molecule has 0 aliphatic carbocycles. The third-order valence-corrected chi connectivity index (χ3v) is 2.89. The van der Waals surface area contributed by atoms with Crippen LogP contribution in [0.25, 0.3) is 10.9 Å². The lowest BCUT2D eigenvalue weighted by Gasteiger charge is -2.21. The van der Waals surface area contributed by atoms with Crippen molar-refractivity contribution >= 4 is 29.7 Å². The van der Waals surface area contributed by atoms with Gasteiger partial charge < -0.3 is 14.8 Å². The molecule has 0 saturated heterocycles. The standard InChI is InChI=1S/C14H18BNO4/c1-9-6-5-7-10-8-11(15(18)19)16(12(9)10)13(17)20-14(2,3)4/h5-8,18-19H,1-4H3. The number of nitrogens with zero attached hydrogens (tertiary/aromatic N) is 1. The number of para-hydroxylation sites is 1. The van der Waals surface area contributed by atoms with Crippen molar-refractivity contribution in [1.82, 2.24) is 4.57 Å². The van der Waals surface area contributed by atoms with E-state index in [-0.39, 0.29) is 5.59 Å². The van der Waals surface area contributed by atoms with E-state index in [1.807, 2.05) is 25.1 Å². The zero-order chi connectivity index (χ0) is 15.1. The summed E-state index contributed by atoms with van der Waals surface area (Å²) in [7, 11) is -1.74. The molecule has 0 amide bonds. The Morgan fingerprint density at radius 3 is 2.50 bits per heavy atom. The van der Waals surface area contributed by atoms with Gasteiger partial charge in [-0.2, -0.15) is 0 Å². The van der Waals surface area contributed by atoms with Crippen LogP contribution in [0.1, 0.15) is 26.3 Å². The Kier molecular flexibility index (Phi) is 3.62. The molecule has 2 N–H and O–H groups in total. The lowest BCUT2D eigenvalue weighted by atomic mass is 9.86. The van der Waals surface area contributed by atoms with Crippen molar-refractivity contribution in [2.24, 2.45) is 0 Å². The minimum Gasteiger partial charge on any atom is -0.443 e. The molecule has 2 rings (SSSR count). The highest BCUT2D eigenvalue weighted by Gasteiger charge is 2.27. The molecule has 1 aromatic carbocycles. The van der Waals surface area contributed by atoms with Crippen LogP contribution in [-0.4, -0.2) is 33.4 Å². The molecule has 0 fully saturated rings. The number of fused-ring (bicyclic) bond motifs is 1. The number of rotatable bonds is 1. The number of aromatic nitrogens is 1. The van der Waals surface area contributed by atoms with Gasteiger partial charge in [0, 0.05) is 5.39 Å². The van der Waals surface area contributed by atoms with E-state index in [2.05, 4.69) is 0 Å². The highest BCUT2D eigenvalue weighted by atomic mass is 16.6. The molecule has 106 valence electrons. The third kappa shape index (κ3) is 2.71. The SMILES string of the molecule is Cc1cccc2cc(B(O)O)n(C(=O)OC(C)(C)C)c12. The van der Waals surface area contributed by atoms with Crippen LogP contribution in [0.3, 0.4) is 0 Å². The lowest BCUT2D eigenvalue weighted by molar-refractivity contribution is 0.0547. The van der Waals surface area contributed by atoms with E-state index in [9.17, 15) is 14.8 Å². The van der Waals surface area contributed by atoms with E-state index in [1.165, 1.54) is 4.57 Å². The molecule has 5 nitrogen and oxygen atoms in total. The second-order valence-electron chi connectivity index (χ2n) is 5.77. The average Bonchev–Trinajstić information content (AvgIpc) is 2.67. The van der Waals surface area contributed by atoms with Crippen molar-refractivity contribution in [1.29, 1.82) is 0 Å². The maximum Gasteiger partial charge on any atom is 0.506 e. The molecule has 1 aromatic heterocycles. The summed E-state index contributed by atoms with van der Waals surface area (Å²) in [5.41, 5.74) is 0.933. The summed E-state index contributed by atoms with van der Waals surface area (Å²) >= 11 is 0. The molecule has 1 heterocycles. The Hall–Kier alpha value is -1.79. The summed E-state index contributed by atoms with van der Waals surface area (Å²) in [4.78, 5) is 12.3. The lowest BCUT2D eigenvalue weighted by Crippen LogP contribution is -2.41. The van der Waals surface area contributed by atoms with Gasteiger partial charge in [-0.15, -0.1) is 0 Å². The van der Waals surface area contributed by atoms with Gasteiger partial charge in [0.1, 0.15) is 5.60 Å². The van der Waals surface area contributed by atoms with E-state index in [0.717, 1.165) is 10.9 Å². The van der Waals surface area contributed by atoms with E-state index in [0.29, 0.717) is 5.52 Å². The number of benzene rings is 1. The summed E-state index contributed by atoms with van der Waals surface area (Å²) < 4.78 is 6.56. The minimum absolute atomic E-state index is 0.101. The predicted molar refractivity (Wildman–Crippen MR) is 78.1 cm³/mol. The smallest absolute Gasteiger partial charge is 0.443 e. The van der Waals surface area contributed by atoms with Crippen molar-refractivity contribution < 1.29 is 19.6 Å². The van der Waals surface area contributed by atoms with Crippen LogP contribution in [0.4, 0.5) is 4.79 Å². The highest BCUT2D eigenvalue weighted by Crippen LogP contribution is 2.20. The molecule has 0 aliphatic heterocycles. The molecule has 0 radical (unpaired) electrons. The molecule has 6 heteroatoms. The topological polar surface area (TPSA) is 71.7 Å². The molecule has 20 heavy (non-hydrogen) atoms. The maximum atomic E-state index is 12.3. The fraction of sp³-hybridized carbons (Fsp3) is 0.357. The van der Waals surface area contributed by atoms with Gasteiger partial charge in [0.2, 0.25) is 0 Å². The van der Waals surface area contributed by atoms with Crippen LogP contribution < -0.4 is 5.59 Å². The zero-order valence-electron chi connectivity index (χ0n) is 12.0. The largest absolute Gasteiger partial charge is 0.506 e. The first kappa shape index (κ1) is 14.6. The van der Waals surface area contributed by atoms with Crippen LogP contribution in [0.2, 0.25) is 0 Å². The molecule has 0 spiro atoms. The summed E-state index contributed by atoms with van der Waals surface area (Å²) in [5.74, 6) is 0. The number of aryl methyl sites for hydroxylation is 1. The summed E-state index contributed by atoms with van der Waals surface area (Å²) in [6, 6.07) is 7.10. The Balaban J connectivity index is 2.65.